The Morgan fingerprint density at radius 2 is 1.80 bits per heavy atom. The summed E-state index contributed by atoms with van der Waals surface area (Å²) in [7, 11) is -3.51. The number of hydrogen-bond donors (Lipinski definition) is 0. The quantitative estimate of drug-likeness (QED) is 0.738. The van der Waals surface area contributed by atoms with Crippen LogP contribution in [-0.2, 0) is 10.0 Å². The normalized spacial score (nSPS) is 11.5. The Balaban J connectivity index is 2.98. The molecule has 0 radical (unpaired) electrons. The van der Waals surface area contributed by atoms with Crippen LogP contribution in [0.3, 0.4) is 0 Å². The van der Waals surface area contributed by atoms with Gasteiger partial charge in [-0.2, -0.15) is 9.57 Å². The van der Waals surface area contributed by atoms with E-state index in [2.05, 4.69) is 4.98 Å². The standard InChI is InChI=1S/C14H21N3O2S/c1-3-5-9-17(10-6-4-2)20(18,19)14-8-7-13(11-15)16-12-14/h7-8,12H,3-6,9-10H2,1-2H3. The van der Waals surface area contributed by atoms with Crippen molar-refractivity contribution in [3.05, 3.63) is 24.0 Å². The molecule has 0 atom stereocenters. The van der Waals surface area contributed by atoms with Crippen LogP contribution in [0.15, 0.2) is 23.2 Å². The van der Waals surface area contributed by atoms with Gasteiger partial charge in [0.2, 0.25) is 10.0 Å². The average Bonchev–Trinajstić information content (AvgIpc) is 2.47. The minimum absolute atomic E-state index is 0.156. The van der Waals surface area contributed by atoms with E-state index >= 15 is 0 Å². The predicted molar refractivity (Wildman–Crippen MR) is 77.5 cm³/mol. The monoisotopic (exact) mass is 295 g/mol. The Kier molecular flexibility index (Phi) is 6.62. The van der Waals surface area contributed by atoms with Crippen molar-refractivity contribution < 1.29 is 8.42 Å². The number of sulfonamides is 1. The summed E-state index contributed by atoms with van der Waals surface area (Å²) in [4.78, 5) is 4.00. The molecule has 0 amide bonds. The smallest absolute Gasteiger partial charge is 0.244 e. The van der Waals surface area contributed by atoms with Crippen LogP contribution >= 0.6 is 0 Å². The highest BCUT2D eigenvalue weighted by Crippen LogP contribution is 2.16. The van der Waals surface area contributed by atoms with E-state index in [1.54, 1.807) is 0 Å². The summed E-state index contributed by atoms with van der Waals surface area (Å²) in [5, 5.41) is 8.70. The summed E-state index contributed by atoms with van der Waals surface area (Å²) in [6.07, 6.45) is 4.84. The van der Waals surface area contributed by atoms with Gasteiger partial charge in [-0.05, 0) is 25.0 Å². The minimum atomic E-state index is -3.51. The molecule has 0 saturated carbocycles. The third-order valence-corrected chi connectivity index (χ3v) is 4.89. The Morgan fingerprint density at radius 1 is 1.20 bits per heavy atom. The summed E-state index contributed by atoms with van der Waals surface area (Å²) >= 11 is 0. The van der Waals surface area contributed by atoms with Gasteiger partial charge in [-0.3, -0.25) is 0 Å². The first kappa shape index (κ1) is 16.6. The molecule has 0 fully saturated rings. The van der Waals surface area contributed by atoms with Gasteiger partial charge in [0.05, 0.1) is 0 Å². The number of nitriles is 1. The van der Waals surface area contributed by atoms with Gasteiger partial charge in [0, 0.05) is 19.3 Å². The van der Waals surface area contributed by atoms with E-state index in [4.69, 9.17) is 5.26 Å². The molecule has 1 rings (SSSR count). The van der Waals surface area contributed by atoms with Crippen LogP contribution in [0.4, 0.5) is 0 Å². The largest absolute Gasteiger partial charge is 0.244 e. The molecular weight excluding hydrogens is 274 g/mol. The van der Waals surface area contributed by atoms with Crippen LogP contribution in [0.1, 0.15) is 45.2 Å². The van der Waals surface area contributed by atoms with Gasteiger partial charge in [-0.25, -0.2) is 13.4 Å². The van der Waals surface area contributed by atoms with Crippen molar-refractivity contribution in [2.24, 2.45) is 0 Å². The van der Waals surface area contributed by atoms with Crippen molar-refractivity contribution in [2.75, 3.05) is 13.1 Å². The zero-order chi connectivity index (χ0) is 15.0. The summed E-state index contributed by atoms with van der Waals surface area (Å²) < 4.78 is 26.6. The lowest BCUT2D eigenvalue weighted by Crippen LogP contribution is -2.33. The van der Waals surface area contributed by atoms with Crippen LogP contribution in [0.25, 0.3) is 0 Å². The van der Waals surface area contributed by atoms with E-state index in [1.165, 1.54) is 22.6 Å². The van der Waals surface area contributed by atoms with Crippen LogP contribution in [-0.4, -0.2) is 30.8 Å². The van der Waals surface area contributed by atoms with E-state index in [0.29, 0.717) is 13.1 Å². The fourth-order valence-corrected chi connectivity index (χ4v) is 3.23. The van der Waals surface area contributed by atoms with Gasteiger partial charge in [0.15, 0.2) is 0 Å². The molecule has 1 heterocycles. The number of nitrogens with zero attached hydrogens (tertiary/aromatic N) is 3. The van der Waals surface area contributed by atoms with Gasteiger partial charge in [-0.15, -0.1) is 0 Å². The molecule has 20 heavy (non-hydrogen) atoms. The van der Waals surface area contributed by atoms with Gasteiger partial charge in [-0.1, -0.05) is 26.7 Å². The molecule has 0 aliphatic rings. The molecule has 110 valence electrons. The Hall–Kier alpha value is -1.45. The molecule has 1 aromatic heterocycles. The van der Waals surface area contributed by atoms with Crippen molar-refractivity contribution in [3.8, 4) is 6.07 Å². The lowest BCUT2D eigenvalue weighted by atomic mass is 10.3. The molecule has 5 nitrogen and oxygen atoms in total. The van der Waals surface area contributed by atoms with E-state index in [1.807, 2.05) is 19.9 Å². The second kappa shape index (κ2) is 7.98. The molecule has 0 N–H and O–H groups in total. The Morgan fingerprint density at radius 3 is 2.20 bits per heavy atom. The van der Waals surface area contributed by atoms with Crippen molar-refractivity contribution in [2.45, 2.75) is 44.4 Å². The van der Waals surface area contributed by atoms with E-state index < -0.39 is 10.0 Å². The molecular formula is C14H21N3O2S. The van der Waals surface area contributed by atoms with E-state index in [9.17, 15) is 8.42 Å². The number of hydrogen-bond acceptors (Lipinski definition) is 4. The van der Waals surface area contributed by atoms with Crippen LogP contribution < -0.4 is 0 Å². The summed E-state index contributed by atoms with van der Waals surface area (Å²) in [6, 6.07) is 4.77. The molecule has 0 saturated heterocycles. The van der Waals surface area contributed by atoms with E-state index in [-0.39, 0.29) is 10.6 Å². The first-order chi connectivity index (χ1) is 9.56. The number of rotatable bonds is 8. The number of pyridine rings is 1. The van der Waals surface area contributed by atoms with Crippen molar-refractivity contribution in [3.63, 3.8) is 0 Å². The molecule has 0 bridgehead atoms. The third-order valence-electron chi connectivity index (χ3n) is 3.01. The highest BCUT2D eigenvalue weighted by atomic mass is 32.2. The molecule has 1 aromatic rings. The zero-order valence-electron chi connectivity index (χ0n) is 12.0. The molecule has 0 spiro atoms. The first-order valence-corrected chi connectivity index (χ1v) is 8.36. The predicted octanol–water partition coefficient (Wildman–Crippen LogP) is 2.54. The van der Waals surface area contributed by atoms with Gasteiger partial charge < -0.3 is 0 Å². The van der Waals surface area contributed by atoms with Crippen LogP contribution in [0, 0.1) is 11.3 Å². The number of unbranched alkanes of at least 4 members (excludes halogenated alkanes) is 2. The maximum absolute atomic E-state index is 12.5. The van der Waals surface area contributed by atoms with Gasteiger partial charge in [0.25, 0.3) is 0 Å². The SMILES string of the molecule is CCCCN(CCCC)S(=O)(=O)c1ccc(C#N)nc1. The van der Waals surface area contributed by atoms with Crippen LogP contribution in [0.2, 0.25) is 0 Å². The topological polar surface area (TPSA) is 74.1 Å². The Labute approximate surface area is 121 Å². The second-order valence-electron chi connectivity index (χ2n) is 4.60. The summed E-state index contributed by atoms with van der Waals surface area (Å²) in [6.45, 7) is 5.12. The molecule has 0 aliphatic carbocycles. The van der Waals surface area contributed by atoms with Crippen molar-refractivity contribution in [1.82, 2.24) is 9.29 Å². The highest BCUT2D eigenvalue weighted by molar-refractivity contribution is 7.89. The maximum Gasteiger partial charge on any atom is 0.244 e. The molecule has 0 unspecified atom stereocenters. The van der Waals surface area contributed by atoms with Crippen molar-refractivity contribution in [1.29, 1.82) is 5.26 Å². The summed E-state index contributed by atoms with van der Waals surface area (Å²) in [5.74, 6) is 0. The molecule has 0 aliphatic heterocycles. The average molecular weight is 295 g/mol. The minimum Gasteiger partial charge on any atom is -0.244 e. The fraction of sp³-hybridized carbons (Fsp3) is 0.571. The Bertz CT molecular complexity index is 539. The lowest BCUT2D eigenvalue weighted by molar-refractivity contribution is 0.395. The summed E-state index contributed by atoms with van der Waals surface area (Å²) in [5.41, 5.74) is 0.220. The maximum atomic E-state index is 12.5. The van der Waals surface area contributed by atoms with E-state index in [0.717, 1.165) is 25.7 Å². The zero-order valence-corrected chi connectivity index (χ0v) is 12.9. The molecule has 6 heteroatoms. The third kappa shape index (κ3) is 4.29. The first-order valence-electron chi connectivity index (χ1n) is 6.92. The van der Waals surface area contributed by atoms with Gasteiger partial charge >= 0.3 is 0 Å². The lowest BCUT2D eigenvalue weighted by Gasteiger charge is -2.21. The fourth-order valence-electron chi connectivity index (χ4n) is 1.77. The molecule has 0 aromatic carbocycles. The van der Waals surface area contributed by atoms with Gasteiger partial charge in [0.1, 0.15) is 16.7 Å². The van der Waals surface area contributed by atoms with Crippen LogP contribution in [0.5, 0.6) is 0 Å². The number of aromatic nitrogens is 1. The highest BCUT2D eigenvalue weighted by Gasteiger charge is 2.23. The second-order valence-corrected chi connectivity index (χ2v) is 6.54. The van der Waals surface area contributed by atoms with Crippen molar-refractivity contribution >= 4 is 10.0 Å².